The molecule has 2 aromatic carbocycles. The van der Waals surface area contributed by atoms with Gasteiger partial charge in [-0.3, -0.25) is 10.1 Å². The van der Waals surface area contributed by atoms with Crippen molar-refractivity contribution in [2.45, 2.75) is 0 Å². The summed E-state index contributed by atoms with van der Waals surface area (Å²) in [4.78, 5) is 10.2. The number of nitro groups is 1. The van der Waals surface area contributed by atoms with Crippen molar-refractivity contribution in [1.82, 2.24) is 0 Å². The van der Waals surface area contributed by atoms with Crippen LogP contribution in [0.4, 0.5) is 5.69 Å². The van der Waals surface area contributed by atoms with E-state index < -0.39 is 4.92 Å². The Kier molecular flexibility index (Phi) is 2.80. The van der Waals surface area contributed by atoms with E-state index >= 15 is 0 Å². The minimum Gasteiger partial charge on any atom is -0.618 e. The second kappa shape index (κ2) is 4.62. The fourth-order valence-corrected chi connectivity index (χ4v) is 2.13. The van der Waals surface area contributed by atoms with Crippen molar-refractivity contribution >= 4 is 16.5 Å². The smallest absolute Gasteiger partial charge is 0.269 e. The van der Waals surface area contributed by atoms with Gasteiger partial charge in [0.05, 0.1) is 4.92 Å². The molecule has 0 spiro atoms. The quantitative estimate of drug-likeness (QED) is 0.310. The van der Waals surface area contributed by atoms with E-state index in [4.69, 9.17) is 0 Å². The maximum absolute atomic E-state index is 12.0. The lowest BCUT2D eigenvalue weighted by atomic mass is 10.1. The van der Waals surface area contributed by atoms with Gasteiger partial charge in [-0.2, -0.15) is 4.73 Å². The van der Waals surface area contributed by atoms with E-state index in [1.807, 2.05) is 24.3 Å². The van der Waals surface area contributed by atoms with Gasteiger partial charge in [-0.25, -0.2) is 0 Å². The number of aromatic nitrogens is 1. The average molecular weight is 266 g/mol. The highest BCUT2D eigenvalue weighted by atomic mass is 16.6. The number of hydrogen-bond acceptors (Lipinski definition) is 3. The first-order valence-corrected chi connectivity index (χ1v) is 6.02. The number of non-ortho nitro benzene ring substituents is 1. The summed E-state index contributed by atoms with van der Waals surface area (Å²) >= 11 is 0. The lowest BCUT2D eigenvalue weighted by Gasteiger charge is -2.06. The Morgan fingerprint density at radius 2 is 1.60 bits per heavy atom. The van der Waals surface area contributed by atoms with Gasteiger partial charge >= 0.3 is 0 Å². The van der Waals surface area contributed by atoms with Crippen LogP contribution in [0.15, 0.2) is 60.8 Å². The molecule has 0 bridgehead atoms. The van der Waals surface area contributed by atoms with Crippen LogP contribution in [0.3, 0.4) is 0 Å². The highest BCUT2D eigenvalue weighted by Gasteiger charge is 2.12. The van der Waals surface area contributed by atoms with Crippen molar-refractivity contribution in [3.63, 3.8) is 0 Å². The van der Waals surface area contributed by atoms with E-state index in [9.17, 15) is 15.3 Å². The molecule has 5 nitrogen and oxygen atoms in total. The highest BCUT2D eigenvalue weighted by Crippen LogP contribution is 2.22. The lowest BCUT2D eigenvalue weighted by Crippen LogP contribution is -2.28. The summed E-state index contributed by atoms with van der Waals surface area (Å²) in [6.07, 6.45) is 1.51. The van der Waals surface area contributed by atoms with Gasteiger partial charge in [0.25, 0.3) is 5.69 Å². The fourth-order valence-electron chi connectivity index (χ4n) is 2.13. The number of rotatable bonds is 2. The van der Waals surface area contributed by atoms with Crippen molar-refractivity contribution in [1.29, 1.82) is 0 Å². The molecule has 3 rings (SSSR count). The topological polar surface area (TPSA) is 70.1 Å². The SMILES string of the molecule is O=[N+]([O-])c1ccc(-c2cc3ccccc3c[n+]2[O-])cc1. The predicted molar refractivity (Wildman–Crippen MR) is 75.0 cm³/mol. The molecule has 0 amide bonds. The van der Waals surface area contributed by atoms with Crippen molar-refractivity contribution in [2.75, 3.05) is 0 Å². The fraction of sp³-hybridized carbons (Fsp3) is 0. The minimum atomic E-state index is -0.463. The summed E-state index contributed by atoms with van der Waals surface area (Å²) in [5, 5.41) is 24.5. The summed E-state index contributed by atoms with van der Waals surface area (Å²) in [5.41, 5.74) is 1.13. The lowest BCUT2D eigenvalue weighted by molar-refractivity contribution is -0.592. The van der Waals surface area contributed by atoms with Crippen LogP contribution in [0.25, 0.3) is 22.0 Å². The maximum atomic E-state index is 12.0. The molecule has 0 saturated carbocycles. The second-order valence-electron chi connectivity index (χ2n) is 4.42. The van der Waals surface area contributed by atoms with Gasteiger partial charge in [0.2, 0.25) is 5.69 Å². The van der Waals surface area contributed by atoms with Gasteiger partial charge < -0.3 is 5.21 Å². The molecule has 0 aliphatic carbocycles. The molecule has 0 unspecified atom stereocenters. The standard InChI is InChI=1S/C15H10N2O3/c18-16-10-13-4-2-1-3-12(13)9-15(16)11-5-7-14(8-6-11)17(19)20/h1-10H. The Balaban J connectivity index is 2.13. The number of nitrogens with zero attached hydrogens (tertiary/aromatic N) is 2. The van der Waals surface area contributed by atoms with Gasteiger partial charge in [-0.15, -0.1) is 0 Å². The van der Waals surface area contributed by atoms with Gasteiger partial charge in [0.1, 0.15) is 0 Å². The van der Waals surface area contributed by atoms with Crippen molar-refractivity contribution < 1.29 is 9.65 Å². The third kappa shape index (κ3) is 2.05. The molecule has 0 saturated heterocycles. The van der Waals surface area contributed by atoms with Gasteiger partial charge in [0, 0.05) is 29.1 Å². The number of fused-ring (bicyclic) bond motifs is 1. The molecule has 5 heteroatoms. The molecule has 1 aromatic heterocycles. The summed E-state index contributed by atoms with van der Waals surface area (Å²) in [6, 6.07) is 15.3. The largest absolute Gasteiger partial charge is 0.618 e. The van der Waals surface area contributed by atoms with Crippen LogP contribution in [0.5, 0.6) is 0 Å². The number of nitro benzene ring substituents is 1. The molecule has 0 radical (unpaired) electrons. The monoisotopic (exact) mass is 266 g/mol. The van der Waals surface area contributed by atoms with Crippen molar-refractivity contribution in [2.24, 2.45) is 0 Å². The molecule has 3 aromatic rings. The number of benzene rings is 2. The molecule has 20 heavy (non-hydrogen) atoms. The van der Waals surface area contributed by atoms with E-state index in [0.717, 1.165) is 15.5 Å². The summed E-state index contributed by atoms with van der Waals surface area (Å²) < 4.78 is 0.781. The molecule has 0 aliphatic heterocycles. The average Bonchev–Trinajstić information content (AvgIpc) is 2.46. The molecular formula is C15H10N2O3. The van der Waals surface area contributed by atoms with Crippen LogP contribution in [0, 0.1) is 15.3 Å². The summed E-state index contributed by atoms with van der Waals surface area (Å²) in [6.45, 7) is 0. The Hall–Kier alpha value is -2.95. The first-order valence-electron chi connectivity index (χ1n) is 6.02. The van der Waals surface area contributed by atoms with Crippen molar-refractivity contribution in [3.8, 4) is 11.3 Å². The molecule has 0 fully saturated rings. The zero-order chi connectivity index (χ0) is 14.1. The van der Waals surface area contributed by atoms with E-state index in [0.29, 0.717) is 11.3 Å². The van der Waals surface area contributed by atoms with Crippen LogP contribution in [0.2, 0.25) is 0 Å². The zero-order valence-electron chi connectivity index (χ0n) is 10.4. The third-order valence-corrected chi connectivity index (χ3v) is 3.16. The van der Waals surface area contributed by atoms with Gasteiger partial charge in [-0.1, -0.05) is 18.2 Å². The van der Waals surface area contributed by atoms with Crippen LogP contribution in [-0.2, 0) is 0 Å². The minimum absolute atomic E-state index is 0.00647. The Bertz CT molecular complexity index is 798. The highest BCUT2D eigenvalue weighted by molar-refractivity contribution is 5.83. The maximum Gasteiger partial charge on any atom is 0.269 e. The molecule has 1 heterocycles. The molecular weight excluding hydrogens is 256 g/mol. The van der Waals surface area contributed by atoms with Crippen LogP contribution in [-0.4, -0.2) is 4.92 Å². The van der Waals surface area contributed by atoms with E-state index in [1.54, 1.807) is 18.2 Å². The van der Waals surface area contributed by atoms with Crippen LogP contribution >= 0.6 is 0 Å². The molecule has 98 valence electrons. The van der Waals surface area contributed by atoms with E-state index in [-0.39, 0.29) is 5.69 Å². The second-order valence-corrected chi connectivity index (χ2v) is 4.42. The summed E-state index contributed by atoms with van der Waals surface area (Å²) in [5.74, 6) is 0. The Morgan fingerprint density at radius 1 is 0.950 bits per heavy atom. The normalized spacial score (nSPS) is 10.6. The summed E-state index contributed by atoms with van der Waals surface area (Å²) in [7, 11) is 0. The zero-order valence-corrected chi connectivity index (χ0v) is 10.4. The first kappa shape index (κ1) is 12.1. The van der Waals surface area contributed by atoms with Gasteiger partial charge in [-0.05, 0) is 23.6 Å². The predicted octanol–water partition coefficient (Wildman–Crippen LogP) is 3.05. The van der Waals surface area contributed by atoms with Crippen LogP contribution < -0.4 is 4.73 Å². The third-order valence-electron chi connectivity index (χ3n) is 3.16. The van der Waals surface area contributed by atoms with Crippen molar-refractivity contribution in [3.05, 3.63) is 76.1 Å². The number of hydrogen-bond donors (Lipinski definition) is 0. The van der Waals surface area contributed by atoms with Gasteiger partial charge in [0.15, 0.2) is 6.20 Å². The van der Waals surface area contributed by atoms with Crippen LogP contribution in [0.1, 0.15) is 0 Å². The molecule has 0 N–H and O–H groups in total. The number of pyridine rings is 1. The van der Waals surface area contributed by atoms with E-state index in [1.165, 1.54) is 18.3 Å². The molecule has 0 aliphatic rings. The Labute approximate surface area is 114 Å². The molecule has 0 atom stereocenters. The first-order chi connectivity index (χ1) is 9.65. The Morgan fingerprint density at radius 3 is 2.25 bits per heavy atom. The van der Waals surface area contributed by atoms with E-state index in [2.05, 4.69) is 0 Å².